The molecule has 1 aliphatic rings. The highest BCUT2D eigenvalue weighted by atomic mass is 16.3. The Kier molecular flexibility index (Phi) is 7.29. The lowest BCUT2D eigenvalue weighted by molar-refractivity contribution is -0.124. The van der Waals surface area contributed by atoms with E-state index in [0.717, 1.165) is 12.0 Å². The van der Waals surface area contributed by atoms with Crippen molar-refractivity contribution in [3.63, 3.8) is 0 Å². The number of aliphatic hydroxyl groups excluding tert-OH is 1. The highest BCUT2D eigenvalue weighted by Crippen LogP contribution is 2.05. The Morgan fingerprint density at radius 2 is 2.17 bits per heavy atom. The van der Waals surface area contributed by atoms with Crippen LogP contribution in [-0.2, 0) is 4.79 Å². The van der Waals surface area contributed by atoms with E-state index in [4.69, 9.17) is 5.11 Å². The molecule has 0 radical (unpaired) electrons. The average Bonchev–Trinajstić information content (AvgIpc) is 2.60. The van der Waals surface area contributed by atoms with Crippen molar-refractivity contribution in [1.29, 1.82) is 0 Å². The first-order chi connectivity index (χ1) is 11.7. The molecule has 1 saturated heterocycles. The quantitative estimate of drug-likeness (QED) is 0.706. The van der Waals surface area contributed by atoms with Gasteiger partial charge >= 0.3 is 6.03 Å². The summed E-state index contributed by atoms with van der Waals surface area (Å²) in [6, 6.07) is 9.09. The summed E-state index contributed by atoms with van der Waals surface area (Å²) < 4.78 is 0. The van der Waals surface area contributed by atoms with Crippen LogP contribution in [-0.4, -0.2) is 54.2 Å². The molecule has 2 rings (SSSR count). The molecular formula is C18H25N3O3. The van der Waals surface area contributed by atoms with E-state index in [0.29, 0.717) is 32.5 Å². The van der Waals surface area contributed by atoms with Crippen molar-refractivity contribution >= 4 is 18.0 Å². The normalized spacial score (nSPS) is 17.5. The predicted octanol–water partition coefficient (Wildman–Crippen LogP) is 1.37. The van der Waals surface area contributed by atoms with Gasteiger partial charge in [0, 0.05) is 26.2 Å². The van der Waals surface area contributed by atoms with Gasteiger partial charge in [0.05, 0.1) is 0 Å². The first kappa shape index (κ1) is 18.0. The fourth-order valence-corrected chi connectivity index (χ4v) is 2.57. The van der Waals surface area contributed by atoms with E-state index < -0.39 is 6.04 Å². The number of rotatable bonds is 7. The van der Waals surface area contributed by atoms with E-state index in [1.165, 1.54) is 0 Å². The smallest absolute Gasteiger partial charge is 0.318 e. The Balaban J connectivity index is 1.92. The standard InChI is InChI=1S/C18H25N3O3/c22-14-6-13-21(12-5-9-15-7-2-1-3-8-15)18(24)20-16-10-4-11-19-17(16)23/h1-3,5,7-9,16,22H,4,6,10-14H2,(H,19,23)(H,20,24)/b9-5+/t16-/m1/s1. The van der Waals surface area contributed by atoms with Crippen molar-refractivity contribution < 1.29 is 14.7 Å². The van der Waals surface area contributed by atoms with Gasteiger partial charge in [0.2, 0.25) is 5.91 Å². The molecule has 0 spiro atoms. The van der Waals surface area contributed by atoms with Crippen LogP contribution in [0.4, 0.5) is 4.79 Å². The average molecular weight is 331 g/mol. The van der Waals surface area contributed by atoms with E-state index in [1.807, 2.05) is 42.5 Å². The second-order valence-corrected chi connectivity index (χ2v) is 5.77. The Hall–Kier alpha value is -2.34. The monoisotopic (exact) mass is 331 g/mol. The zero-order valence-electron chi connectivity index (χ0n) is 13.8. The molecule has 0 unspecified atom stereocenters. The highest BCUT2D eigenvalue weighted by Gasteiger charge is 2.25. The van der Waals surface area contributed by atoms with Crippen LogP contribution < -0.4 is 10.6 Å². The third-order valence-electron chi connectivity index (χ3n) is 3.89. The molecule has 6 nitrogen and oxygen atoms in total. The van der Waals surface area contributed by atoms with Crippen LogP contribution in [0.2, 0.25) is 0 Å². The largest absolute Gasteiger partial charge is 0.396 e. The number of amides is 3. The number of urea groups is 1. The minimum atomic E-state index is -0.471. The van der Waals surface area contributed by atoms with Gasteiger partial charge < -0.3 is 20.6 Å². The van der Waals surface area contributed by atoms with Gasteiger partial charge in [-0.2, -0.15) is 0 Å². The summed E-state index contributed by atoms with van der Waals surface area (Å²) in [5.74, 6) is -0.128. The SMILES string of the molecule is O=C1NCCC[C@H]1NC(=O)N(C/C=C/c1ccccc1)CCCO. The van der Waals surface area contributed by atoms with Gasteiger partial charge in [-0.15, -0.1) is 0 Å². The van der Waals surface area contributed by atoms with Crippen LogP contribution in [0.25, 0.3) is 6.08 Å². The van der Waals surface area contributed by atoms with Gasteiger partial charge in [-0.25, -0.2) is 4.79 Å². The maximum atomic E-state index is 12.4. The fourth-order valence-electron chi connectivity index (χ4n) is 2.57. The number of piperidine rings is 1. The molecule has 3 amide bonds. The molecular weight excluding hydrogens is 306 g/mol. The fraction of sp³-hybridized carbons (Fsp3) is 0.444. The molecule has 0 aliphatic carbocycles. The zero-order chi connectivity index (χ0) is 17.2. The Morgan fingerprint density at radius 1 is 1.38 bits per heavy atom. The van der Waals surface area contributed by atoms with Crippen LogP contribution in [0.5, 0.6) is 0 Å². The first-order valence-electron chi connectivity index (χ1n) is 8.36. The number of aliphatic hydroxyl groups is 1. The van der Waals surface area contributed by atoms with Crippen LogP contribution in [0.1, 0.15) is 24.8 Å². The number of nitrogens with zero attached hydrogens (tertiary/aromatic N) is 1. The minimum Gasteiger partial charge on any atom is -0.396 e. The number of hydrogen-bond acceptors (Lipinski definition) is 3. The van der Waals surface area contributed by atoms with Gasteiger partial charge in [0.15, 0.2) is 0 Å². The van der Waals surface area contributed by atoms with E-state index >= 15 is 0 Å². The van der Waals surface area contributed by atoms with Crippen molar-refractivity contribution in [2.45, 2.75) is 25.3 Å². The molecule has 1 aliphatic heterocycles. The molecule has 24 heavy (non-hydrogen) atoms. The second kappa shape index (κ2) is 9.72. The minimum absolute atomic E-state index is 0.0239. The van der Waals surface area contributed by atoms with Gasteiger partial charge in [0.1, 0.15) is 6.04 Å². The molecule has 1 atom stereocenters. The van der Waals surface area contributed by atoms with Gasteiger partial charge in [-0.05, 0) is 24.8 Å². The maximum Gasteiger partial charge on any atom is 0.318 e. The topological polar surface area (TPSA) is 81.7 Å². The molecule has 130 valence electrons. The Bertz CT molecular complexity index is 560. The van der Waals surface area contributed by atoms with Crippen molar-refractivity contribution in [3.05, 3.63) is 42.0 Å². The molecule has 0 aromatic heterocycles. The zero-order valence-corrected chi connectivity index (χ0v) is 13.8. The molecule has 6 heteroatoms. The number of nitrogens with one attached hydrogen (secondary N) is 2. The summed E-state index contributed by atoms with van der Waals surface area (Å²) in [4.78, 5) is 25.8. The van der Waals surface area contributed by atoms with Crippen LogP contribution in [0, 0.1) is 0 Å². The summed E-state index contributed by atoms with van der Waals surface area (Å²) in [7, 11) is 0. The molecule has 0 bridgehead atoms. The van der Waals surface area contributed by atoms with E-state index in [1.54, 1.807) is 4.90 Å². The highest BCUT2D eigenvalue weighted by molar-refractivity contribution is 5.87. The van der Waals surface area contributed by atoms with E-state index in [-0.39, 0.29) is 18.5 Å². The summed E-state index contributed by atoms with van der Waals surface area (Å²) >= 11 is 0. The van der Waals surface area contributed by atoms with Gasteiger partial charge in [-0.3, -0.25) is 4.79 Å². The summed E-state index contributed by atoms with van der Waals surface area (Å²) in [5.41, 5.74) is 1.06. The number of hydrogen-bond donors (Lipinski definition) is 3. The molecule has 1 aromatic rings. The Morgan fingerprint density at radius 3 is 2.88 bits per heavy atom. The molecule has 1 aromatic carbocycles. The van der Waals surface area contributed by atoms with Crippen LogP contribution >= 0.6 is 0 Å². The molecule has 1 fully saturated rings. The molecule has 0 saturated carbocycles. The third-order valence-corrected chi connectivity index (χ3v) is 3.89. The van der Waals surface area contributed by atoms with Crippen molar-refractivity contribution in [2.24, 2.45) is 0 Å². The van der Waals surface area contributed by atoms with Crippen molar-refractivity contribution in [1.82, 2.24) is 15.5 Å². The van der Waals surface area contributed by atoms with Crippen LogP contribution in [0.3, 0.4) is 0 Å². The van der Waals surface area contributed by atoms with E-state index in [2.05, 4.69) is 10.6 Å². The number of carbonyl (C=O) groups excluding carboxylic acids is 2. The third kappa shape index (κ3) is 5.70. The lowest BCUT2D eigenvalue weighted by Gasteiger charge is -2.27. The van der Waals surface area contributed by atoms with Crippen LogP contribution in [0.15, 0.2) is 36.4 Å². The number of carbonyl (C=O) groups is 2. The van der Waals surface area contributed by atoms with Gasteiger partial charge in [0.25, 0.3) is 0 Å². The molecule has 3 N–H and O–H groups in total. The number of benzene rings is 1. The first-order valence-corrected chi connectivity index (χ1v) is 8.36. The summed E-state index contributed by atoms with van der Waals surface area (Å²) in [6.45, 7) is 1.56. The predicted molar refractivity (Wildman–Crippen MR) is 93.3 cm³/mol. The Labute approximate surface area is 142 Å². The van der Waals surface area contributed by atoms with Gasteiger partial charge in [-0.1, -0.05) is 42.5 Å². The second-order valence-electron chi connectivity index (χ2n) is 5.77. The van der Waals surface area contributed by atoms with Crippen molar-refractivity contribution in [2.75, 3.05) is 26.2 Å². The van der Waals surface area contributed by atoms with E-state index in [9.17, 15) is 9.59 Å². The summed E-state index contributed by atoms with van der Waals surface area (Å²) in [6.07, 6.45) is 5.88. The lowest BCUT2D eigenvalue weighted by Crippen LogP contribution is -2.53. The summed E-state index contributed by atoms with van der Waals surface area (Å²) in [5, 5.41) is 14.6. The van der Waals surface area contributed by atoms with Crippen molar-refractivity contribution in [3.8, 4) is 0 Å². The lowest BCUT2D eigenvalue weighted by atomic mass is 10.1. The molecule has 1 heterocycles. The maximum absolute atomic E-state index is 12.4.